The van der Waals surface area contributed by atoms with Gasteiger partial charge in [-0.15, -0.1) is 0 Å². The summed E-state index contributed by atoms with van der Waals surface area (Å²) in [4.78, 5) is 26.4. The number of oxime groups is 1. The molecule has 0 atom stereocenters. The van der Waals surface area contributed by atoms with E-state index in [-0.39, 0.29) is 24.6 Å². The minimum atomic E-state index is -0.684. The van der Waals surface area contributed by atoms with Crippen LogP contribution in [0.3, 0.4) is 0 Å². The highest BCUT2D eigenvalue weighted by Crippen LogP contribution is 2.13. The molecule has 0 fully saturated rings. The third-order valence-electron chi connectivity index (χ3n) is 3.49. The van der Waals surface area contributed by atoms with Crippen LogP contribution in [0, 0.1) is 10.1 Å². The van der Waals surface area contributed by atoms with Gasteiger partial charge in [-0.3, -0.25) is 10.1 Å². The molecular weight excluding hydrogens is 338 g/mol. The van der Waals surface area contributed by atoms with E-state index in [9.17, 15) is 14.9 Å². The second-order valence-electron chi connectivity index (χ2n) is 5.43. The van der Waals surface area contributed by atoms with Crippen LogP contribution in [-0.2, 0) is 22.5 Å². The van der Waals surface area contributed by atoms with Gasteiger partial charge < -0.3 is 15.3 Å². The summed E-state index contributed by atoms with van der Waals surface area (Å²) in [6, 6.07) is 13.2. The number of ether oxygens (including phenoxy) is 1. The van der Waals surface area contributed by atoms with Crippen molar-refractivity contribution in [3.05, 3.63) is 69.8 Å². The summed E-state index contributed by atoms with van der Waals surface area (Å²) >= 11 is 0. The summed E-state index contributed by atoms with van der Waals surface area (Å²) in [5.74, 6) is -0.0577. The minimum absolute atomic E-state index is 0.0141. The fraction of sp³-hybridized carbons (Fsp3) is 0.222. The van der Waals surface area contributed by atoms with Gasteiger partial charge in [0.25, 0.3) is 5.69 Å². The van der Waals surface area contributed by atoms with Crippen LogP contribution in [0.25, 0.3) is 0 Å². The van der Waals surface area contributed by atoms with Gasteiger partial charge in [0.1, 0.15) is 11.6 Å². The Bertz CT molecular complexity index is 785. The Morgan fingerprint density at radius 1 is 1.12 bits per heavy atom. The van der Waals surface area contributed by atoms with Crippen LogP contribution < -0.4 is 10.5 Å². The lowest BCUT2D eigenvalue weighted by molar-refractivity contribution is -0.384. The van der Waals surface area contributed by atoms with Gasteiger partial charge in [0.05, 0.1) is 4.92 Å². The average Bonchev–Trinajstić information content (AvgIpc) is 2.65. The van der Waals surface area contributed by atoms with Crippen molar-refractivity contribution in [3.63, 3.8) is 0 Å². The normalized spacial score (nSPS) is 11.0. The molecule has 2 aromatic rings. The first-order chi connectivity index (χ1) is 12.5. The van der Waals surface area contributed by atoms with E-state index in [1.54, 1.807) is 24.3 Å². The van der Waals surface area contributed by atoms with Crippen LogP contribution in [0.15, 0.2) is 53.7 Å². The van der Waals surface area contributed by atoms with Gasteiger partial charge in [-0.25, -0.2) is 4.79 Å². The number of nitrogens with zero attached hydrogens (tertiary/aromatic N) is 2. The number of carbonyl (C=O) groups excluding carboxylic acids is 1. The second-order valence-corrected chi connectivity index (χ2v) is 5.43. The van der Waals surface area contributed by atoms with E-state index in [0.717, 1.165) is 6.42 Å². The summed E-state index contributed by atoms with van der Waals surface area (Å²) in [6.45, 7) is 1.76. The summed E-state index contributed by atoms with van der Waals surface area (Å²) in [5, 5.41) is 14.1. The predicted molar refractivity (Wildman–Crippen MR) is 95.8 cm³/mol. The highest BCUT2D eigenvalue weighted by Gasteiger charge is 2.07. The van der Waals surface area contributed by atoms with Crippen LogP contribution >= 0.6 is 0 Å². The number of hydrogen-bond acceptors (Lipinski definition) is 6. The largest absolute Gasteiger partial charge is 0.482 e. The van der Waals surface area contributed by atoms with E-state index in [4.69, 9.17) is 15.3 Å². The van der Waals surface area contributed by atoms with Crippen molar-refractivity contribution in [3.8, 4) is 5.75 Å². The zero-order valence-electron chi connectivity index (χ0n) is 14.3. The highest BCUT2D eigenvalue weighted by molar-refractivity contribution is 5.83. The van der Waals surface area contributed by atoms with Crippen molar-refractivity contribution in [2.45, 2.75) is 19.8 Å². The molecule has 0 saturated heterocycles. The van der Waals surface area contributed by atoms with Crippen LogP contribution in [0.5, 0.6) is 5.75 Å². The molecule has 0 aliphatic rings. The minimum Gasteiger partial charge on any atom is -0.482 e. The topological polar surface area (TPSA) is 117 Å². The fourth-order valence-electron chi connectivity index (χ4n) is 2.08. The lowest BCUT2D eigenvalue weighted by atomic mass is 10.1. The number of nitro benzene ring substituents is 1. The van der Waals surface area contributed by atoms with E-state index in [1.165, 1.54) is 17.7 Å². The quantitative estimate of drug-likeness (QED) is 0.255. The zero-order valence-corrected chi connectivity index (χ0v) is 14.3. The Morgan fingerprint density at radius 2 is 1.73 bits per heavy atom. The molecule has 2 N–H and O–H groups in total. The van der Waals surface area contributed by atoms with Crippen molar-refractivity contribution in [2.24, 2.45) is 10.9 Å². The van der Waals surface area contributed by atoms with Gasteiger partial charge in [-0.05, 0) is 29.7 Å². The average molecular weight is 357 g/mol. The molecule has 0 saturated carbocycles. The van der Waals surface area contributed by atoms with Crippen molar-refractivity contribution < 1.29 is 19.3 Å². The monoisotopic (exact) mass is 357 g/mol. The summed E-state index contributed by atoms with van der Waals surface area (Å²) < 4.78 is 5.30. The molecule has 0 heterocycles. The van der Waals surface area contributed by atoms with E-state index in [2.05, 4.69) is 5.16 Å². The van der Waals surface area contributed by atoms with E-state index in [0.29, 0.717) is 11.3 Å². The van der Waals surface area contributed by atoms with Crippen molar-refractivity contribution >= 4 is 17.5 Å². The smallest absolute Gasteiger partial charge is 0.372 e. The fourth-order valence-corrected chi connectivity index (χ4v) is 2.08. The summed E-state index contributed by atoms with van der Waals surface area (Å²) in [5.41, 5.74) is 7.55. The maximum Gasteiger partial charge on any atom is 0.372 e. The molecular formula is C18H19N3O5. The Morgan fingerprint density at radius 3 is 2.31 bits per heavy atom. The number of carbonyl (C=O) groups is 1. The number of nitrogens with two attached hydrogens (primary N) is 1. The molecule has 0 aromatic heterocycles. The van der Waals surface area contributed by atoms with Crippen molar-refractivity contribution in [2.75, 3.05) is 6.61 Å². The van der Waals surface area contributed by atoms with Gasteiger partial charge >= 0.3 is 5.97 Å². The predicted octanol–water partition coefficient (Wildman–Crippen LogP) is 2.59. The molecule has 8 nitrogen and oxygen atoms in total. The van der Waals surface area contributed by atoms with Crippen LogP contribution in [-0.4, -0.2) is 23.3 Å². The SMILES string of the molecule is CCc1ccc(OCC(=O)O/N=C(\N)Cc2ccc([N+](=O)[O-])cc2)cc1. The number of aryl methyl sites for hydroxylation is 1. The Kier molecular flexibility index (Phi) is 6.67. The first kappa shape index (κ1) is 18.9. The van der Waals surface area contributed by atoms with Gasteiger partial charge in [-0.1, -0.05) is 36.3 Å². The zero-order chi connectivity index (χ0) is 18.9. The van der Waals surface area contributed by atoms with Gasteiger partial charge in [0.15, 0.2) is 6.61 Å². The third kappa shape index (κ3) is 5.90. The van der Waals surface area contributed by atoms with Gasteiger partial charge in [-0.2, -0.15) is 0 Å². The number of hydrogen-bond donors (Lipinski definition) is 1. The molecule has 2 aromatic carbocycles. The van der Waals surface area contributed by atoms with Crippen LogP contribution in [0.1, 0.15) is 18.1 Å². The second kappa shape index (κ2) is 9.16. The Hall–Kier alpha value is -3.42. The van der Waals surface area contributed by atoms with Crippen molar-refractivity contribution in [1.82, 2.24) is 0 Å². The Balaban J connectivity index is 1.79. The number of rotatable bonds is 8. The van der Waals surface area contributed by atoms with Crippen LogP contribution in [0.4, 0.5) is 5.69 Å². The highest BCUT2D eigenvalue weighted by atomic mass is 16.7. The molecule has 0 aliphatic carbocycles. The molecule has 0 bridgehead atoms. The lowest BCUT2D eigenvalue weighted by Gasteiger charge is -2.05. The molecule has 2 rings (SSSR count). The van der Waals surface area contributed by atoms with Crippen LogP contribution in [0.2, 0.25) is 0 Å². The number of benzene rings is 2. The third-order valence-corrected chi connectivity index (χ3v) is 3.49. The van der Waals surface area contributed by atoms with Gasteiger partial charge in [0.2, 0.25) is 0 Å². The van der Waals surface area contributed by atoms with Crippen molar-refractivity contribution in [1.29, 1.82) is 0 Å². The molecule has 0 radical (unpaired) electrons. The molecule has 0 unspecified atom stereocenters. The van der Waals surface area contributed by atoms with E-state index >= 15 is 0 Å². The van der Waals surface area contributed by atoms with E-state index in [1.807, 2.05) is 19.1 Å². The first-order valence-electron chi connectivity index (χ1n) is 7.95. The Labute approximate surface area is 150 Å². The summed E-state index contributed by atoms with van der Waals surface area (Å²) in [7, 11) is 0. The number of nitro groups is 1. The maximum absolute atomic E-state index is 11.6. The lowest BCUT2D eigenvalue weighted by Crippen LogP contribution is -2.19. The maximum atomic E-state index is 11.6. The van der Waals surface area contributed by atoms with E-state index < -0.39 is 10.9 Å². The molecule has 8 heteroatoms. The first-order valence-corrected chi connectivity index (χ1v) is 7.95. The number of amidine groups is 1. The van der Waals surface area contributed by atoms with Gasteiger partial charge in [0, 0.05) is 18.6 Å². The standard InChI is InChI=1S/C18H19N3O5/c1-2-13-5-9-16(10-6-13)25-12-18(22)26-20-17(19)11-14-3-7-15(8-4-14)21(23)24/h3-10H,2,11-12H2,1H3,(H2,19,20). The number of non-ortho nitro benzene ring substituents is 1. The molecule has 0 spiro atoms. The molecule has 26 heavy (non-hydrogen) atoms. The molecule has 0 aliphatic heterocycles. The summed E-state index contributed by atoms with van der Waals surface area (Å²) in [6.07, 6.45) is 1.12. The molecule has 136 valence electrons. The molecule has 0 amide bonds.